The van der Waals surface area contributed by atoms with Crippen molar-refractivity contribution in [1.82, 2.24) is 0 Å². The number of hydrogen-bond acceptors (Lipinski definition) is 4. The topological polar surface area (TPSA) is 115 Å². The molecule has 0 radical (unpaired) electrons. The summed E-state index contributed by atoms with van der Waals surface area (Å²) in [7, 11) is -3.97. The predicted octanol–water partition coefficient (Wildman–Crippen LogP) is 0.985. The molecule has 7 heteroatoms. The molecule has 110 valence electrons. The molecule has 0 aliphatic carbocycles. The number of rotatable bonds is 6. The SMILES string of the molecule is CCc1ccc(S(=O)(=O)C(CC)C(N)=O)cc1C(=O)O. The molecule has 0 aliphatic heterocycles. The third-order valence-corrected chi connectivity index (χ3v) is 5.31. The number of carboxylic acids is 1. The van der Waals surface area contributed by atoms with Crippen LogP contribution in [0, 0.1) is 0 Å². The van der Waals surface area contributed by atoms with Crippen molar-refractivity contribution in [1.29, 1.82) is 0 Å². The molecular formula is C13H17NO5S. The first kappa shape index (κ1) is 16.2. The molecular weight excluding hydrogens is 282 g/mol. The minimum Gasteiger partial charge on any atom is -0.478 e. The van der Waals surface area contributed by atoms with Gasteiger partial charge in [0.15, 0.2) is 9.84 Å². The van der Waals surface area contributed by atoms with Gasteiger partial charge in [-0.25, -0.2) is 13.2 Å². The summed E-state index contributed by atoms with van der Waals surface area (Å²) >= 11 is 0. The smallest absolute Gasteiger partial charge is 0.336 e. The Morgan fingerprint density at radius 2 is 1.90 bits per heavy atom. The van der Waals surface area contributed by atoms with Gasteiger partial charge in [0.05, 0.1) is 10.5 Å². The number of hydrogen-bond donors (Lipinski definition) is 2. The van der Waals surface area contributed by atoms with Gasteiger partial charge in [-0.1, -0.05) is 19.9 Å². The fourth-order valence-corrected chi connectivity index (χ4v) is 3.59. The molecule has 1 unspecified atom stereocenters. The Balaban J connectivity index is 3.44. The molecule has 1 amide bonds. The molecule has 20 heavy (non-hydrogen) atoms. The Labute approximate surface area is 117 Å². The van der Waals surface area contributed by atoms with Gasteiger partial charge in [0.1, 0.15) is 5.25 Å². The second kappa shape index (κ2) is 6.04. The van der Waals surface area contributed by atoms with Crippen LogP contribution in [0.2, 0.25) is 0 Å². The van der Waals surface area contributed by atoms with E-state index in [-0.39, 0.29) is 16.9 Å². The summed E-state index contributed by atoms with van der Waals surface area (Å²) in [6, 6.07) is 3.85. The highest BCUT2D eigenvalue weighted by Gasteiger charge is 2.31. The number of aryl methyl sites for hydroxylation is 1. The zero-order chi connectivity index (χ0) is 15.5. The minimum atomic E-state index is -3.97. The molecule has 0 fully saturated rings. The standard InChI is InChI=1S/C13H17NO5S/c1-3-8-5-6-9(7-10(8)13(16)17)20(18,19)11(4-2)12(14)15/h5-7,11H,3-4H2,1-2H3,(H2,14,15)(H,16,17). The molecule has 1 rings (SSSR count). The van der Waals surface area contributed by atoms with Crippen LogP contribution in [0.25, 0.3) is 0 Å². The number of carbonyl (C=O) groups is 2. The quantitative estimate of drug-likeness (QED) is 0.812. The molecule has 0 aromatic heterocycles. The lowest BCUT2D eigenvalue weighted by atomic mass is 10.1. The van der Waals surface area contributed by atoms with Crippen molar-refractivity contribution < 1.29 is 23.1 Å². The van der Waals surface area contributed by atoms with Crippen LogP contribution in [0.5, 0.6) is 0 Å². The molecule has 6 nitrogen and oxygen atoms in total. The average Bonchev–Trinajstić information content (AvgIpc) is 2.37. The number of carbonyl (C=O) groups excluding carboxylic acids is 1. The molecule has 0 aliphatic rings. The van der Waals surface area contributed by atoms with Crippen LogP contribution in [0.15, 0.2) is 23.1 Å². The number of primary amides is 1. The Hall–Kier alpha value is -1.89. The Kier molecular flexibility index (Phi) is 4.88. The van der Waals surface area contributed by atoms with E-state index in [1.807, 2.05) is 0 Å². The van der Waals surface area contributed by atoms with E-state index >= 15 is 0 Å². The lowest BCUT2D eigenvalue weighted by Gasteiger charge is -2.14. The van der Waals surface area contributed by atoms with Crippen LogP contribution < -0.4 is 5.73 Å². The van der Waals surface area contributed by atoms with Crippen molar-refractivity contribution in [3.05, 3.63) is 29.3 Å². The van der Waals surface area contributed by atoms with E-state index in [2.05, 4.69) is 0 Å². The summed E-state index contributed by atoms with van der Waals surface area (Å²) in [5, 5.41) is 7.76. The summed E-state index contributed by atoms with van der Waals surface area (Å²) in [6.07, 6.45) is 0.505. The third-order valence-electron chi connectivity index (χ3n) is 3.08. The van der Waals surface area contributed by atoms with Crippen molar-refractivity contribution in [2.45, 2.75) is 36.8 Å². The highest BCUT2D eigenvalue weighted by Crippen LogP contribution is 2.22. The second-order valence-corrected chi connectivity index (χ2v) is 6.45. The van der Waals surface area contributed by atoms with Crippen molar-refractivity contribution in [3.63, 3.8) is 0 Å². The van der Waals surface area contributed by atoms with E-state index in [4.69, 9.17) is 10.8 Å². The molecule has 3 N–H and O–H groups in total. The van der Waals surface area contributed by atoms with Gasteiger partial charge < -0.3 is 10.8 Å². The average molecular weight is 299 g/mol. The molecule has 1 aromatic rings. The molecule has 0 saturated carbocycles. The predicted molar refractivity (Wildman–Crippen MR) is 73.2 cm³/mol. The molecule has 0 heterocycles. The fourth-order valence-electron chi connectivity index (χ4n) is 1.98. The van der Waals surface area contributed by atoms with Crippen LogP contribution in [0.1, 0.15) is 36.2 Å². The number of aromatic carboxylic acids is 1. The van der Waals surface area contributed by atoms with E-state index in [9.17, 15) is 18.0 Å². The van der Waals surface area contributed by atoms with Gasteiger partial charge in [0.2, 0.25) is 5.91 Å². The van der Waals surface area contributed by atoms with E-state index in [1.165, 1.54) is 19.1 Å². The summed E-state index contributed by atoms with van der Waals surface area (Å²) in [4.78, 5) is 22.2. The normalized spacial score (nSPS) is 12.9. The van der Waals surface area contributed by atoms with E-state index in [0.29, 0.717) is 12.0 Å². The van der Waals surface area contributed by atoms with Gasteiger partial charge in [0.25, 0.3) is 0 Å². The third kappa shape index (κ3) is 2.98. The Morgan fingerprint density at radius 3 is 2.30 bits per heavy atom. The first-order valence-electron chi connectivity index (χ1n) is 6.15. The minimum absolute atomic E-state index is 0.0373. The van der Waals surface area contributed by atoms with Crippen molar-refractivity contribution in [2.24, 2.45) is 5.73 Å². The van der Waals surface area contributed by atoms with Crippen molar-refractivity contribution in [2.75, 3.05) is 0 Å². The van der Waals surface area contributed by atoms with Gasteiger partial charge in [-0.3, -0.25) is 4.79 Å². The zero-order valence-corrected chi connectivity index (χ0v) is 12.1. The van der Waals surface area contributed by atoms with Gasteiger partial charge in [0, 0.05) is 0 Å². The first-order valence-corrected chi connectivity index (χ1v) is 7.69. The van der Waals surface area contributed by atoms with Crippen LogP contribution in [-0.2, 0) is 21.1 Å². The first-order chi connectivity index (χ1) is 9.25. The number of carboxylic acid groups (broad SMARTS) is 1. The van der Waals surface area contributed by atoms with Gasteiger partial charge in [-0.05, 0) is 30.5 Å². The van der Waals surface area contributed by atoms with Crippen LogP contribution in [0.3, 0.4) is 0 Å². The summed E-state index contributed by atoms with van der Waals surface area (Å²) in [5.74, 6) is -2.14. The van der Waals surface area contributed by atoms with Gasteiger partial charge in [-0.15, -0.1) is 0 Å². The molecule has 1 aromatic carbocycles. The number of amides is 1. The van der Waals surface area contributed by atoms with E-state index in [1.54, 1.807) is 6.92 Å². The highest BCUT2D eigenvalue weighted by molar-refractivity contribution is 7.92. The van der Waals surface area contributed by atoms with Gasteiger partial charge in [-0.2, -0.15) is 0 Å². The maximum atomic E-state index is 12.3. The second-order valence-electron chi connectivity index (χ2n) is 4.32. The van der Waals surface area contributed by atoms with Crippen molar-refractivity contribution in [3.8, 4) is 0 Å². The number of sulfone groups is 1. The maximum absolute atomic E-state index is 12.3. The van der Waals surface area contributed by atoms with E-state index in [0.717, 1.165) is 6.07 Å². The molecule has 0 saturated heterocycles. The fraction of sp³-hybridized carbons (Fsp3) is 0.385. The monoisotopic (exact) mass is 299 g/mol. The molecule has 1 atom stereocenters. The van der Waals surface area contributed by atoms with Crippen LogP contribution >= 0.6 is 0 Å². The highest BCUT2D eigenvalue weighted by atomic mass is 32.2. The molecule has 0 bridgehead atoms. The van der Waals surface area contributed by atoms with Gasteiger partial charge >= 0.3 is 5.97 Å². The molecule has 0 spiro atoms. The summed E-state index contributed by atoms with van der Waals surface area (Å²) < 4.78 is 24.6. The Morgan fingerprint density at radius 1 is 1.30 bits per heavy atom. The maximum Gasteiger partial charge on any atom is 0.336 e. The summed E-state index contributed by atoms with van der Waals surface area (Å²) in [5.41, 5.74) is 5.55. The number of nitrogens with two attached hydrogens (primary N) is 1. The van der Waals surface area contributed by atoms with Crippen molar-refractivity contribution >= 4 is 21.7 Å². The van der Waals surface area contributed by atoms with E-state index < -0.39 is 27.0 Å². The Bertz CT molecular complexity index is 636. The lowest BCUT2D eigenvalue weighted by molar-refractivity contribution is -0.117. The zero-order valence-electron chi connectivity index (χ0n) is 11.3. The number of benzene rings is 1. The largest absolute Gasteiger partial charge is 0.478 e. The van der Waals surface area contributed by atoms with Crippen LogP contribution in [0.4, 0.5) is 0 Å². The lowest BCUT2D eigenvalue weighted by Crippen LogP contribution is -2.35. The van der Waals surface area contributed by atoms with Crippen LogP contribution in [-0.4, -0.2) is 30.7 Å². The summed E-state index contributed by atoms with van der Waals surface area (Å²) in [6.45, 7) is 3.31.